The van der Waals surface area contributed by atoms with Crippen LogP contribution in [-0.4, -0.2) is 22.6 Å². The summed E-state index contributed by atoms with van der Waals surface area (Å²) < 4.78 is 5.19. The summed E-state index contributed by atoms with van der Waals surface area (Å²) in [5, 5.41) is 0. The average Bonchev–Trinajstić information content (AvgIpc) is 2.16. The lowest BCUT2D eigenvalue weighted by Crippen LogP contribution is -2.18. The Hall–Kier alpha value is -1.00. The average molecular weight is 195 g/mol. The summed E-state index contributed by atoms with van der Waals surface area (Å²) in [4.78, 5) is 8.36. The summed E-state index contributed by atoms with van der Waals surface area (Å²) in [6.07, 6.45) is 4.43. The molecule has 1 rings (SSSR count). The van der Waals surface area contributed by atoms with Gasteiger partial charge in [-0.05, 0) is 25.8 Å². The smallest absolute Gasteiger partial charge is 0.153 e. The predicted molar refractivity (Wildman–Crippen MR) is 54.7 cm³/mol. The van der Waals surface area contributed by atoms with Gasteiger partial charge in [-0.3, -0.25) is 0 Å². The van der Waals surface area contributed by atoms with Crippen LogP contribution in [0.15, 0.2) is 12.4 Å². The van der Waals surface area contributed by atoms with Crippen LogP contribution in [0.25, 0.3) is 0 Å². The third kappa shape index (κ3) is 3.81. The fourth-order valence-corrected chi connectivity index (χ4v) is 1.13. The largest absolute Gasteiger partial charge is 0.374 e. The van der Waals surface area contributed by atoms with Gasteiger partial charge in [-0.15, -0.1) is 0 Å². The van der Waals surface area contributed by atoms with Crippen molar-refractivity contribution >= 4 is 0 Å². The zero-order valence-corrected chi connectivity index (χ0v) is 8.73. The molecule has 0 saturated heterocycles. The molecule has 1 aromatic rings. The van der Waals surface area contributed by atoms with Gasteiger partial charge in [-0.25, -0.2) is 9.97 Å². The zero-order chi connectivity index (χ0) is 10.4. The van der Waals surface area contributed by atoms with Crippen molar-refractivity contribution < 1.29 is 4.74 Å². The van der Waals surface area contributed by atoms with E-state index < -0.39 is 0 Å². The number of aromatic nitrogens is 2. The first-order valence-corrected chi connectivity index (χ1v) is 4.85. The molecule has 4 heteroatoms. The molecule has 0 saturated carbocycles. The molecule has 0 bridgehead atoms. The summed E-state index contributed by atoms with van der Waals surface area (Å²) in [5.41, 5.74) is 6.73. The van der Waals surface area contributed by atoms with E-state index >= 15 is 0 Å². The Balaban J connectivity index is 2.50. The molecule has 2 N–H and O–H groups in total. The van der Waals surface area contributed by atoms with Crippen LogP contribution in [-0.2, 0) is 17.8 Å². The molecule has 0 radical (unpaired) electrons. The predicted octanol–water partition coefficient (Wildman–Crippen LogP) is 0.903. The van der Waals surface area contributed by atoms with Crippen molar-refractivity contribution in [1.82, 2.24) is 9.97 Å². The first-order chi connectivity index (χ1) is 6.72. The van der Waals surface area contributed by atoms with Crippen LogP contribution in [0.3, 0.4) is 0 Å². The molecule has 1 aromatic heterocycles. The number of nitrogens with two attached hydrogens (primary N) is 1. The molecule has 1 heterocycles. The van der Waals surface area contributed by atoms with E-state index in [1.807, 2.05) is 26.2 Å². The quantitative estimate of drug-likeness (QED) is 0.758. The molecule has 0 aliphatic carbocycles. The Labute approximate surface area is 84.5 Å². The fourth-order valence-electron chi connectivity index (χ4n) is 1.13. The van der Waals surface area contributed by atoms with Crippen molar-refractivity contribution in [2.75, 3.05) is 6.61 Å². The fraction of sp³-hybridized carbons (Fsp3) is 0.600. The van der Waals surface area contributed by atoms with E-state index in [2.05, 4.69) is 9.97 Å². The number of nitrogens with zero attached hydrogens (tertiary/aromatic N) is 2. The summed E-state index contributed by atoms with van der Waals surface area (Å²) in [6, 6.07) is 0.149. The Bertz CT molecular complexity index is 259. The molecule has 0 aliphatic heterocycles. The van der Waals surface area contributed by atoms with E-state index in [9.17, 15) is 0 Å². The minimum atomic E-state index is 0.149. The summed E-state index contributed by atoms with van der Waals surface area (Å²) in [5.74, 6) is 0.722. The second-order valence-corrected chi connectivity index (χ2v) is 3.33. The van der Waals surface area contributed by atoms with Crippen molar-refractivity contribution in [3.63, 3.8) is 0 Å². The lowest BCUT2D eigenvalue weighted by molar-refractivity contribution is 0.128. The van der Waals surface area contributed by atoms with Crippen molar-refractivity contribution in [2.24, 2.45) is 5.73 Å². The highest BCUT2D eigenvalue weighted by atomic mass is 16.5. The summed E-state index contributed by atoms with van der Waals surface area (Å²) in [7, 11) is 0. The van der Waals surface area contributed by atoms with Crippen LogP contribution in [0.2, 0.25) is 0 Å². The van der Waals surface area contributed by atoms with Gasteiger partial charge in [-0.2, -0.15) is 0 Å². The summed E-state index contributed by atoms with van der Waals surface area (Å²) >= 11 is 0. The lowest BCUT2D eigenvalue weighted by Gasteiger charge is -2.05. The van der Waals surface area contributed by atoms with E-state index in [4.69, 9.17) is 10.5 Å². The monoisotopic (exact) mass is 195 g/mol. The molecule has 0 spiro atoms. The van der Waals surface area contributed by atoms with Crippen LogP contribution >= 0.6 is 0 Å². The van der Waals surface area contributed by atoms with Crippen molar-refractivity contribution in [2.45, 2.75) is 32.9 Å². The van der Waals surface area contributed by atoms with E-state index in [0.29, 0.717) is 13.2 Å². The molecule has 14 heavy (non-hydrogen) atoms. The number of ether oxygens (including phenoxy) is 1. The van der Waals surface area contributed by atoms with Crippen molar-refractivity contribution in [3.05, 3.63) is 23.8 Å². The van der Waals surface area contributed by atoms with Gasteiger partial charge in [-0.1, -0.05) is 0 Å². The van der Waals surface area contributed by atoms with Gasteiger partial charge >= 0.3 is 0 Å². The van der Waals surface area contributed by atoms with Gasteiger partial charge in [0.15, 0.2) is 5.82 Å². The number of rotatable bonds is 5. The number of hydrogen-bond acceptors (Lipinski definition) is 4. The highest BCUT2D eigenvalue weighted by Gasteiger charge is 2.00. The maximum Gasteiger partial charge on any atom is 0.153 e. The van der Waals surface area contributed by atoms with Crippen molar-refractivity contribution in [1.29, 1.82) is 0 Å². The first kappa shape index (κ1) is 11.1. The first-order valence-electron chi connectivity index (χ1n) is 4.85. The lowest BCUT2D eigenvalue weighted by atomic mass is 10.1. The standard InChI is InChI=1S/C10H17N3O/c1-3-14-7-10-12-5-9(6-13-10)4-8(2)11/h5-6,8H,3-4,7,11H2,1-2H3. The minimum Gasteiger partial charge on any atom is -0.374 e. The SMILES string of the molecule is CCOCc1ncc(CC(C)N)cn1. The molecule has 4 nitrogen and oxygen atoms in total. The van der Waals surface area contributed by atoms with Crippen molar-refractivity contribution in [3.8, 4) is 0 Å². The molecule has 1 unspecified atom stereocenters. The highest BCUT2D eigenvalue weighted by Crippen LogP contribution is 2.00. The van der Waals surface area contributed by atoms with Gasteiger partial charge in [0.1, 0.15) is 6.61 Å². The van der Waals surface area contributed by atoms with Crippen LogP contribution in [0.5, 0.6) is 0 Å². The highest BCUT2D eigenvalue weighted by molar-refractivity contribution is 5.06. The van der Waals surface area contributed by atoms with E-state index in [0.717, 1.165) is 17.8 Å². The molecule has 1 atom stereocenters. The van der Waals surface area contributed by atoms with Gasteiger partial charge in [0, 0.05) is 25.0 Å². The zero-order valence-electron chi connectivity index (χ0n) is 8.73. The third-order valence-corrected chi connectivity index (χ3v) is 1.75. The molecule has 0 amide bonds. The van der Waals surface area contributed by atoms with Crippen LogP contribution in [0.4, 0.5) is 0 Å². The summed E-state index contributed by atoms with van der Waals surface area (Å²) in [6.45, 7) is 5.08. The Morgan fingerprint density at radius 1 is 1.43 bits per heavy atom. The molecular weight excluding hydrogens is 178 g/mol. The van der Waals surface area contributed by atoms with Gasteiger partial charge in [0.05, 0.1) is 0 Å². The molecular formula is C10H17N3O. The minimum absolute atomic E-state index is 0.149. The topological polar surface area (TPSA) is 61.0 Å². The third-order valence-electron chi connectivity index (χ3n) is 1.75. The van der Waals surface area contributed by atoms with Gasteiger partial charge in [0.2, 0.25) is 0 Å². The van der Waals surface area contributed by atoms with E-state index in [1.54, 1.807) is 0 Å². The normalized spacial score (nSPS) is 12.8. The van der Waals surface area contributed by atoms with Crippen LogP contribution in [0, 0.1) is 0 Å². The maximum absolute atomic E-state index is 5.66. The van der Waals surface area contributed by atoms with Crippen LogP contribution < -0.4 is 5.73 Å². The second kappa shape index (κ2) is 5.67. The molecule has 78 valence electrons. The molecule has 0 aliphatic rings. The maximum atomic E-state index is 5.66. The second-order valence-electron chi connectivity index (χ2n) is 3.33. The van der Waals surface area contributed by atoms with Gasteiger partial charge < -0.3 is 10.5 Å². The van der Waals surface area contributed by atoms with Crippen LogP contribution in [0.1, 0.15) is 25.2 Å². The number of hydrogen-bond donors (Lipinski definition) is 1. The van der Waals surface area contributed by atoms with Gasteiger partial charge in [0.25, 0.3) is 0 Å². The molecule has 0 aromatic carbocycles. The Morgan fingerprint density at radius 2 is 2.07 bits per heavy atom. The van der Waals surface area contributed by atoms with E-state index in [1.165, 1.54) is 0 Å². The molecule has 0 fully saturated rings. The Kier molecular flexibility index (Phi) is 4.49. The Morgan fingerprint density at radius 3 is 2.57 bits per heavy atom. The van der Waals surface area contributed by atoms with E-state index in [-0.39, 0.29) is 6.04 Å².